The number of nitrogens with one attached hydrogen (secondary N) is 1. The lowest BCUT2D eigenvalue weighted by molar-refractivity contribution is 0.0719. The molecule has 0 radical (unpaired) electrons. The predicted octanol–water partition coefficient (Wildman–Crippen LogP) is 0.572. The van der Waals surface area contributed by atoms with E-state index in [-0.39, 0.29) is 24.7 Å². The van der Waals surface area contributed by atoms with Gasteiger partial charge in [-0.2, -0.15) is 0 Å². The van der Waals surface area contributed by atoms with Crippen LogP contribution in [-0.2, 0) is 9.47 Å². The molecule has 0 aromatic carbocycles. The minimum atomic E-state index is -0.515. The number of carbonyl (C=O) groups is 2. The molecule has 0 aliphatic carbocycles. The Labute approximate surface area is 112 Å². The lowest BCUT2D eigenvalue weighted by Crippen LogP contribution is -2.52. The number of nitrogens with zero attached hydrogens (tertiary/aromatic N) is 1. The van der Waals surface area contributed by atoms with Gasteiger partial charge in [0.15, 0.2) is 0 Å². The van der Waals surface area contributed by atoms with Crippen LogP contribution in [0.5, 0.6) is 0 Å². The number of methoxy groups -OCH3 is 1. The Morgan fingerprint density at radius 3 is 2.74 bits per heavy atom. The summed E-state index contributed by atoms with van der Waals surface area (Å²) in [4.78, 5) is 24.5. The molecule has 1 heterocycles. The highest BCUT2D eigenvalue weighted by Gasteiger charge is 2.31. The smallest absolute Gasteiger partial charge is 0.409 e. The quantitative estimate of drug-likeness (QED) is 0.782. The van der Waals surface area contributed by atoms with E-state index in [2.05, 4.69) is 10.1 Å². The summed E-state index contributed by atoms with van der Waals surface area (Å²) in [6.45, 7) is 3.06. The summed E-state index contributed by atoms with van der Waals surface area (Å²) < 4.78 is 9.53. The van der Waals surface area contributed by atoms with Gasteiger partial charge in [-0.05, 0) is 25.7 Å². The third-order valence-corrected chi connectivity index (χ3v) is 3.11. The van der Waals surface area contributed by atoms with E-state index in [0.29, 0.717) is 32.5 Å². The van der Waals surface area contributed by atoms with Crippen LogP contribution in [0.3, 0.4) is 0 Å². The molecule has 2 unspecified atom stereocenters. The minimum absolute atomic E-state index is 0.0618. The fraction of sp³-hybridized carbons (Fsp3) is 0.833. The Morgan fingerprint density at radius 2 is 2.16 bits per heavy atom. The van der Waals surface area contributed by atoms with Crippen LogP contribution in [0.1, 0.15) is 19.8 Å². The first-order valence-corrected chi connectivity index (χ1v) is 6.47. The van der Waals surface area contributed by atoms with Gasteiger partial charge in [-0.25, -0.2) is 9.59 Å². The number of hydrogen-bond donors (Lipinski definition) is 2. The largest absolute Gasteiger partial charge is 0.453 e. The van der Waals surface area contributed by atoms with Gasteiger partial charge in [0, 0.05) is 19.7 Å². The van der Waals surface area contributed by atoms with E-state index >= 15 is 0 Å². The number of alkyl carbamates (subject to hydrolysis) is 1. The van der Waals surface area contributed by atoms with Crippen molar-refractivity contribution in [1.82, 2.24) is 10.2 Å². The summed E-state index contributed by atoms with van der Waals surface area (Å²) in [5.41, 5.74) is 0. The van der Waals surface area contributed by atoms with Crippen LogP contribution >= 0.6 is 0 Å². The molecule has 0 saturated carbocycles. The van der Waals surface area contributed by atoms with Crippen molar-refractivity contribution in [2.75, 3.05) is 33.4 Å². The number of aliphatic hydroxyl groups is 1. The van der Waals surface area contributed by atoms with E-state index in [4.69, 9.17) is 9.84 Å². The van der Waals surface area contributed by atoms with Crippen molar-refractivity contribution in [3.05, 3.63) is 0 Å². The summed E-state index contributed by atoms with van der Waals surface area (Å²) in [6.07, 6.45) is 0.404. The van der Waals surface area contributed by atoms with Gasteiger partial charge < -0.3 is 24.8 Å². The molecule has 1 aliphatic rings. The standard InChI is InChI=1S/C12H22N2O5/c1-3-19-12(17)14-7-9(4-5-15)6-10(8-14)13-11(16)18-2/h9-10,15H,3-8H2,1-2H3,(H,13,16). The number of likely N-dealkylation sites (tertiary alicyclic amines) is 1. The van der Waals surface area contributed by atoms with Crippen molar-refractivity contribution in [2.24, 2.45) is 5.92 Å². The highest BCUT2D eigenvalue weighted by molar-refractivity contribution is 5.69. The SMILES string of the molecule is CCOC(=O)N1CC(CCO)CC(NC(=O)OC)C1. The van der Waals surface area contributed by atoms with Gasteiger partial charge in [0.05, 0.1) is 19.8 Å². The van der Waals surface area contributed by atoms with Crippen LogP contribution in [-0.4, -0.2) is 61.6 Å². The highest BCUT2D eigenvalue weighted by Crippen LogP contribution is 2.20. The Hall–Kier alpha value is -1.50. The van der Waals surface area contributed by atoms with E-state index < -0.39 is 6.09 Å². The molecular formula is C12H22N2O5. The van der Waals surface area contributed by atoms with E-state index in [1.54, 1.807) is 11.8 Å². The Morgan fingerprint density at radius 1 is 1.42 bits per heavy atom. The molecule has 2 amide bonds. The molecule has 0 spiro atoms. The molecular weight excluding hydrogens is 252 g/mol. The molecule has 0 aromatic rings. The van der Waals surface area contributed by atoms with Crippen molar-refractivity contribution in [1.29, 1.82) is 0 Å². The zero-order valence-corrected chi connectivity index (χ0v) is 11.4. The van der Waals surface area contributed by atoms with E-state index in [1.165, 1.54) is 7.11 Å². The molecule has 1 aliphatic heterocycles. The zero-order valence-electron chi connectivity index (χ0n) is 11.4. The van der Waals surface area contributed by atoms with E-state index in [0.717, 1.165) is 0 Å². The van der Waals surface area contributed by atoms with E-state index in [9.17, 15) is 9.59 Å². The lowest BCUT2D eigenvalue weighted by atomic mass is 9.92. The fourth-order valence-corrected chi connectivity index (χ4v) is 2.29. The Kier molecular flexibility index (Phi) is 6.41. The van der Waals surface area contributed by atoms with Gasteiger partial charge in [-0.3, -0.25) is 0 Å². The average molecular weight is 274 g/mol. The molecule has 7 nitrogen and oxygen atoms in total. The van der Waals surface area contributed by atoms with Crippen LogP contribution in [0.15, 0.2) is 0 Å². The highest BCUT2D eigenvalue weighted by atomic mass is 16.6. The molecule has 2 N–H and O–H groups in total. The second-order valence-electron chi connectivity index (χ2n) is 4.55. The average Bonchev–Trinajstić information content (AvgIpc) is 2.39. The zero-order chi connectivity index (χ0) is 14.3. The summed E-state index contributed by atoms with van der Waals surface area (Å²) in [6, 6.07) is -0.179. The Bertz CT molecular complexity index is 310. The van der Waals surface area contributed by atoms with Crippen molar-refractivity contribution < 1.29 is 24.2 Å². The second kappa shape index (κ2) is 7.83. The normalized spacial score (nSPS) is 22.8. The van der Waals surface area contributed by atoms with Crippen LogP contribution in [0.25, 0.3) is 0 Å². The van der Waals surface area contributed by atoms with E-state index in [1.807, 2.05) is 0 Å². The van der Waals surface area contributed by atoms with Crippen molar-refractivity contribution in [3.8, 4) is 0 Å². The first-order valence-electron chi connectivity index (χ1n) is 6.47. The first kappa shape index (κ1) is 15.6. The summed E-state index contributed by atoms with van der Waals surface area (Å²) in [5, 5.41) is 11.7. The number of amides is 2. The van der Waals surface area contributed by atoms with Gasteiger partial charge in [-0.1, -0.05) is 0 Å². The van der Waals surface area contributed by atoms with Gasteiger partial charge in [-0.15, -0.1) is 0 Å². The van der Waals surface area contributed by atoms with Crippen molar-refractivity contribution in [3.63, 3.8) is 0 Å². The maximum Gasteiger partial charge on any atom is 0.409 e. The summed E-state index contributed by atoms with van der Waals surface area (Å²) in [5.74, 6) is 0.144. The van der Waals surface area contributed by atoms with Gasteiger partial charge in [0.1, 0.15) is 0 Å². The third-order valence-electron chi connectivity index (χ3n) is 3.11. The number of carbonyl (C=O) groups excluding carboxylic acids is 2. The van der Waals surface area contributed by atoms with Crippen LogP contribution in [0.4, 0.5) is 9.59 Å². The molecule has 2 atom stereocenters. The molecule has 7 heteroatoms. The molecule has 0 aromatic heterocycles. The second-order valence-corrected chi connectivity index (χ2v) is 4.55. The molecule has 0 bridgehead atoms. The van der Waals surface area contributed by atoms with Crippen LogP contribution in [0, 0.1) is 5.92 Å². The molecule has 1 fully saturated rings. The summed E-state index contributed by atoms with van der Waals surface area (Å²) >= 11 is 0. The van der Waals surface area contributed by atoms with Gasteiger partial charge in [0.25, 0.3) is 0 Å². The predicted molar refractivity (Wildman–Crippen MR) is 67.7 cm³/mol. The maximum atomic E-state index is 11.7. The third kappa shape index (κ3) is 4.94. The van der Waals surface area contributed by atoms with Crippen molar-refractivity contribution >= 4 is 12.2 Å². The maximum absolute atomic E-state index is 11.7. The number of ether oxygens (including phenoxy) is 2. The minimum Gasteiger partial charge on any atom is -0.453 e. The van der Waals surface area contributed by atoms with Crippen LogP contribution in [0.2, 0.25) is 0 Å². The fourth-order valence-electron chi connectivity index (χ4n) is 2.29. The molecule has 1 saturated heterocycles. The van der Waals surface area contributed by atoms with Crippen molar-refractivity contribution in [2.45, 2.75) is 25.8 Å². The monoisotopic (exact) mass is 274 g/mol. The summed E-state index contributed by atoms with van der Waals surface area (Å²) in [7, 11) is 1.30. The molecule has 19 heavy (non-hydrogen) atoms. The lowest BCUT2D eigenvalue weighted by Gasteiger charge is -2.37. The topological polar surface area (TPSA) is 88.1 Å². The molecule has 110 valence electrons. The number of piperidine rings is 1. The van der Waals surface area contributed by atoms with Crippen LogP contribution < -0.4 is 5.32 Å². The number of aliphatic hydroxyl groups excluding tert-OH is 1. The first-order chi connectivity index (χ1) is 9.10. The number of rotatable bonds is 4. The molecule has 1 rings (SSSR count). The number of hydrogen-bond acceptors (Lipinski definition) is 5. The Balaban J connectivity index is 2.61. The van der Waals surface area contributed by atoms with Gasteiger partial charge >= 0.3 is 12.2 Å². The van der Waals surface area contributed by atoms with Gasteiger partial charge in [0.2, 0.25) is 0 Å².